The van der Waals surface area contributed by atoms with Crippen LogP contribution < -0.4 is 5.73 Å². The lowest BCUT2D eigenvalue weighted by molar-refractivity contribution is -0.135. The Morgan fingerprint density at radius 3 is 2.50 bits per heavy atom. The van der Waals surface area contributed by atoms with Crippen LogP contribution in [0.15, 0.2) is 0 Å². The fourth-order valence-electron chi connectivity index (χ4n) is 2.86. The summed E-state index contributed by atoms with van der Waals surface area (Å²) in [6.07, 6.45) is 4.99. The number of likely N-dealkylation sites (tertiary alicyclic amines) is 2. The maximum atomic E-state index is 12.4. The second-order valence-corrected chi connectivity index (χ2v) is 5.27. The number of carbonyl (C=O) groups is 2. The third kappa shape index (κ3) is 3.02. The Kier molecular flexibility index (Phi) is 4.58. The molecule has 2 amide bonds. The number of nitrogens with zero attached hydrogens (tertiary/aromatic N) is 2. The van der Waals surface area contributed by atoms with Gasteiger partial charge in [-0.05, 0) is 12.8 Å². The smallest absolute Gasteiger partial charge is 0.227 e. The predicted octanol–water partition coefficient (Wildman–Crippen LogP) is 0.196. The van der Waals surface area contributed by atoms with Gasteiger partial charge in [0.05, 0.1) is 5.92 Å². The molecule has 2 rings (SSSR count). The fourth-order valence-corrected chi connectivity index (χ4v) is 2.86. The predicted molar refractivity (Wildman–Crippen MR) is 68.8 cm³/mol. The molecule has 2 aliphatic rings. The minimum absolute atomic E-state index is 0.0774. The second kappa shape index (κ2) is 6.18. The molecule has 18 heavy (non-hydrogen) atoms. The van der Waals surface area contributed by atoms with E-state index in [1.54, 1.807) is 4.90 Å². The van der Waals surface area contributed by atoms with Crippen molar-refractivity contribution in [1.29, 1.82) is 0 Å². The van der Waals surface area contributed by atoms with E-state index in [0.29, 0.717) is 26.1 Å². The molecular formula is C13H23N3O2. The molecule has 2 aliphatic heterocycles. The average molecular weight is 253 g/mol. The zero-order valence-electron chi connectivity index (χ0n) is 10.9. The van der Waals surface area contributed by atoms with Crippen LogP contribution in [0.4, 0.5) is 0 Å². The summed E-state index contributed by atoms with van der Waals surface area (Å²) in [5, 5.41) is 0. The van der Waals surface area contributed by atoms with Crippen molar-refractivity contribution in [3.8, 4) is 0 Å². The number of hydrogen-bond donors (Lipinski definition) is 1. The van der Waals surface area contributed by atoms with Crippen LogP contribution in [-0.4, -0.2) is 54.3 Å². The SMILES string of the molecule is NCCN1CC(C(=O)N2CCCCCC2)CC1=O. The Hall–Kier alpha value is -1.10. The molecule has 0 spiro atoms. The van der Waals surface area contributed by atoms with Crippen molar-refractivity contribution >= 4 is 11.8 Å². The van der Waals surface area contributed by atoms with Gasteiger partial charge >= 0.3 is 0 Å². The first-order chi connectivity index (χ1) is 8.72. The highest BCUT2D eigenvalue weighted by Crippen LogP contribution is 2.21. The van der Waals surface area contributed by atoms with E-state index in [4.69, 9.17) is 5.73 Å². The Bertz CT molecular complexity index is 311. The van der Waals surface area contributed by atoms with Crippen LogP contribution in [0.1, 0.15) is 32.1 Å². The normalized spacial score (nSPS) is 25.4. The van der Waals surface area contributed by atoms with Gasteiger partial charge in [0.2, 0.25) is 11.8 Å². The van der Waals surface area contributed by atoms with Crippen molar-refractivity contribution in [1.82, 2.24) is 9.80 Å². The maximum absolute atomic E-state index is 12.4. The molecule has 0 bridgehead atoms. The van der Waals surface area contributed by atoms with E-state index in [0.717, 1.165) is 25.9 Å². The summed E-state index contributed by atoms with van der Waals surface area (Å²) in [6.45, 7) is 3.32. The molecule has 1 unspecified atom stereocenters. The van der Waals surface area contributed by atoms with Gasteiger partial charge in [0.25, 0.3) is 0 Å². The zero-order valence-corrected chi connectivity index (χ0v) is 10.9. The van der Waals surface area contributed by atoms with Crippen molar-refractivity contribution in [2.24, 2.45) is 11.7 Å². The summed E-state index contributed by atoms with van der Waals surface area (Å²) < 4.78 is 0. The molecule has 0 saturated carbocycles. The van der Waals surface area contributed by atoms with Crippen LogP contribution in [0.3, 0.4) is 0 Å². The van der Waals surface area contributed by atoms with E-state index in [1.807, 2.05) is 4.90 Å². The van der Waals surface area contributed by atoms with Crippen molar-refractivity contribution in [3.63, 3.8) is 0 Å². The van der Waals surface area contributed by atoms with Gasteiger partial charge < -0.3 is 15.5 Å². The lowest BCUT2D eigenvalue weighted by atomic mass is 10.1. The lowest BCUT2D eigenvalue weighted by Gasteiger charge is -2.23. The van der Waals surface area contributed by atoms with E-state index >= 15 is 0 Å². The highest BCUT2D eigenvalue weighted by molar-refractivity contribution is 5.89. The standard InChI is InChI=1S/C13H23N3O2/c14-5-8-16-10-11(9-12(16)17)13(18)15-6-3-1-2-4-7-15/h11H,1-10,14H2. The number of carbonyl (C=O) groups excluding carboxylic acids is 2. The minimum atomic E-state index is -0.137. The van der Waals surface area contributed by atoms with Crippen molar-refractivity contribution < 1.29 is 9.59 Å². The van der Waals surface area contributed by atoms with E-state index in [9.17, 15) is 9.59 Å². The van der Waals surface area contributed by atoms with E-state index in [2.05, 4.69) is 0 Å². The molecule has 2 N–H and O–H groups in total. The molecule has 0 radical (unpaired) electrons. The average Bonchev–Trinajstić information content (AvgIpc) is 2.58. The third-order valence-corrected chi connectivity index (χ3v) is 3.88. The number of hydrogen-bond acceptors (Lipinski definition) is 3. The lowest BCUT2D eigenvalue weighted by Crippen LogP contribution is -2.38. The Labute approximate surface area is 108 Å². The summed E-state index contributed by atoms with van der Waals surface area (Å²) in [7, 11) is 0. The molecule has 2 saturated heterocycles. The van der Waals surface area contributed by atoms with Gasteiger partial charge in [-0.3, -0.25) is 9.59 Å². The van der Waals surface area contributed by atoms with Crippen LogP contribution in [0, 0.1) is 5.92 Å². The number of amides is 2. The minimum Gasteiger partial charge on any atom is -0.342 e. The van der Waals surface area contributed by atoms with E-state index < -0.39 is 0 Å². The van der Waals surface area contributed by atoms with Crippen molar-refractivity contribution in [2.75, 3.05) is 32.7 Å². The highest BCUT2D eigenvalue weighted by Gasteiger charge is 2.35. The third-order valence-electron chi connectivity index (χ3n) is 3.88. The monoisotopic (exact) mass is 253 g/mol. The Morgan fingerprint density at radius 1 is 1.22 bits per heavy atom. The molecule has 102 valence electrons. The molecule has 0 aromatic rings. The van der Waals surface area contributed by atoms with Gasteiger partial charge in [0.1, 0.15) is 0 Å². The van der Waals surface area contributed by atoms with Gasteiger partial charge in [-0.2, -0.15) is 0 Å². The topological polar surface area (TPSA) is 66.6 Å². The first-order valence-electron chi connectivity index (χ1n) is 6.99. The van der Waals surface area contributed by atoms with Gasteiger partial charge in [-0.15, -0.1) is 0 Å². The molecule has 0 aliphatic carbocycles. The fraction of sp³-hybridized carbons (Fsp3) is 0.846. The molecule has 5 nitrogen and oxygen atoms in total. The van der Waals surface area contributed by atoms with Gasteiger partial charge in [0, 0.05) is 39.1 Å². The molecule has 2 fully saturated rings. The largest absolute Gasteiger partial charge is 0.342 e. The summed E-state index contributed by atoms with van der Waals surface area (Å²) in [5.41, 5.74) is 5.47. The Balaban J connectivity index is 1.91. The molecule has 1 atom stereocenters. The second-order valence-electron chi connectivity index (χ2n) is 5.27. The van der Waals surface area contributed by atoms with Crippen LogP contribution in [-0.2, 0) is 9.59 Å². The van der Waals surface area contributed by atoms with E-state index in [1.165, 1.54) is 12.8 Å². The molecule has 5 heteroatoms. The summed E-state index contributed by atoms with van der Waals surface area (Å²) in [5.74, 6) is 0.112. The van der Waals surface area contributed by atoms with Crippen LogP contribution in [0.5, 0.6) is 0 Å². The van der Waals surface area contributed by atoms with E-state index in [-0.39, 0.29) is 17.7 Å². The van der Waals surface area contributed by atoms with Crippen LogP contribution in [0.2, 0.25) is 0 Å². The van der Waals surface area contributed by atoms with Crippen LogP contribution in [0.25, 0.3) is 0 Å². The van der Waals surface area contributed by atoms with Gasteiger partial charge in [-0.25, -0.2) is 0 Å². The number of rotatable bonds is 3. The van der Waals surface area contributed by atoms with Crippen molar-refractivity contribution in [2.45, 2.75) is 32.1 Å². The first-order valence-corrected chi connectivity index (χ1v) is 6.99. The first kappa shape index (κ1) is 13.3. The number of nitrogens with two attached hydrogens (primary N) is 1. The molecule has 0 aromatic carbocycles. The zero-order chi connectivity index (χ0) is 13.0. The van der Waals surface area contributed by atoms with Gasteiger partial charge in [0.15, 0.2) is 0 Å². The Morgan fingerprint density at radius 2 is 1.89 bits per heavy atom. The summed E-state index contributed by atoms with van der Waals surface area (Å²) >= 11 is 0. The summed E-state index contributed by atoms with van der Waals surface area (Å²) in [6, 6.07) is 0. The maximum Gasteiger partial charge on any atom is 0.227 e. The van der Waals surface area contributed by atoms with Crippen LogP contribution >= 0.6 is 0 Å². The molecule has 0 aromatic heterocycles. The summed E-state index contributed by atoms with van der Waals surface area (Å²) in [4.78, 5) is 27.8. The molecular weight excluding hydrogens is 230 g/mol. The van der Waals surface area contributed by atoms with Gasteiger partial charge in [-0.1, -0.05) is 12.8 Å². The highest BCUT2D eigenvalue weighted by atomic mass is 16.2. The quantitative estimate of drug-likeness (QED) is 0.781. The molecule has 2 heterocycles. The van der Waals surface area contributed by atoms with Crippen molar-refractivity contribution in [3.05, 3.63) is 0 Å².